The zero-order chi connectivity index (χ0) is 27.6. The lowest BCUT2D eigenvalue weighted by Crippen LogP contribution is -2.51. The summed E-state index contributed by atoms with van der Waals surface area (Å²) in [4.78, 5) is 11.6. The van der Waals surface area contributed by atoms with Crippen LogP contribution >= 0.6 is 0 Å². The molecule has 0 bridgehead atoms. The van der Waals surface area contributed by atoms with Crippen molar-refractivity contribution in [3.05, 3.63) is 95.7 Å². The van der Waals surface area contributed by atoms with Crippen LogP contribution < -0.4 is 22.1 Å². The third-order valence-electron chi connectivity index (χ3n) is 6.51. The first-order chi connectivity index (χ1) is 18.9. The van der Waals surface area contributed by atoms with Crippen LogP contribution in [0.3, 0.4) is 0 Å². The molecular formula is C30H38N8O. The van der Waals surface area contributed by atoms with Gasteiger partial charge in [-0.25, -0.2) is 4.98 Å². The molecule has 0 radical (unpaired) electrons. The number of nitrogens with zero attached hydrogens (tertiary/aromatic N) is 3. The number of aromatic nitrogens is 2. The average Bonchev–Trinajstić information content (AvgIpc) is 2.92. The SMILES string of the molecule is CC(C)C(=C/N)/C=C(\N)Nc1ccc2ncc(/C(C=N)=C/NCCOC3CN(Cc4ccccc4)C3)cc2n1. The van der Waals surface area contributed by atoms with E-state index in [1.807, 2.05) is 36.5 Å². The lowest BCUT2D eigenvalue weighted by Gasteiger charge is -2.39. The van der Waals surface area contributed by atoms with E-state index in [1.54, 1.807) is 12.4 Å². The predicted octanol–water partition coefficient (Wildman–Crippen LogP) is 3.82. The summed E-state index contributed by atoms with van der Waals surface area (Å²) < 4.78 is 5.97. The van der Waals surface area contributed by atoms with Crippen LogP contribution in [0.25, 0.3) is 16.6 Å². The van der Waals surface area contributed by atoms with E-state index in [-0.39, 0.29) is 12.0 Å². The maximum Gasteiger partial charge on any atom is 0.132 e. The van der Waals surface area contributed by atoms with Crippen LogP contribution in [0, 0.1) is 11.3 Å². The Hall–Kier alpha value is -4.21. The van der Waals surface area contributed by atoms with Crippen molar-refractivity contribution in [2.45, 2.75) is 26.5 Å². The number of fused-ring (bicyclic) bond motifs is 1. The molecule has 0 unspecified atom stereocenters. The third-order valence-corrected chi connectivity index (χ3v) is 6.51. The van der Waals surface area contributed by atoms with Crippen molar-refractivity contribution in [2.24, 2.45) is 17.4 Å². The van der Waals surface area contributed by atoms with E-state index in [2.05, 4.69) is 63.6 Å². The van der Waals surface area contributed by atoms with Crippen molar-refractivity contribution in [2.75, 3.05) is 31.6 Å². The molecule has 0 saturated carbocycles. The van der Waals surface area contributed by atoms with Crippen molar-refractivity contribution in [3.63, 3.8) is 0 Å². The smallest absolute Gasteiger partial charge is 0.132 e. The number of nitrogens with two attached hydrogens (primary N) is 2. The van der Waals surface area contributed by atoms with Crippen LogP contribution in [-0.4, -0.2) is 53.4 Å². The first-order valence-electron chi connectivity index (χ1n) is 13.2. The van der Waals surface area contributed by atoms with Gasteiger partial charge in [0, 0.05) is 55.9 Å². The van der Waals surface area contributed by atoms with Crippen LogP contribution in [0.5, 0.6) is 0 Å². The van der Waals surface area contributed by atoms with Gasteiger partial charge in [0.1, 0.15) is 11.6 Å². The minimum atomic E-state index is 0.256. The number of pyridine rings is 2. The molecule has 1 saturated heterocycles. The molecule has 2 aromatic heterocycles. The van der Waals surface area contributed by atoms with Crippen molar-refractivity contribution in [1.29, 1.82) is 5.41 Å². The van der Waals surface area contributed by atoms with Gasteiger partial charge in [0.2, 0.25) is 0 Å². The number of ether oxygens (including phenoxy) is 1. The highest BCUT2D eigenvalue weighted by Crippen LogP contribution is 2.20. The van der Waals surface area contributed by atoms with Crippen LogP contribution in [0.1, 0.15) is 25.0 Å². The molecule has 1 aromatic carbocycles. The van der Waals surface area contributed by atoms with Crippen LogP contribution in [0.15, 0.2) is 84.6 Å². The van der Waals surface area contributed by atoms with E-state index in [0.29, 0.717) is 35.9 Å². The predicted molar refractivity (Wildman–Crippen MR) is 159 cm³/mol. The zero-order valence-corrected chi connectivity index (χ0v) is 22.6. The highest BCUT2D eigenvalue weighted by Gasteiger charge is 2.26. The number of rotatable bonds is 13. The second kappa shape index (κ2) is 13.5. The summed E-state index contributed by atoms with van der Waals surface area (Å²) >= 11 is 0. The van der Waals surface area contributed by atoms with Crippen LogP contribution in [0.4, 0.5) is 5.82 Å². The Bertz CT molecular complexity index is 1340. The molecule has 0 atom stereocenters. The highest BCUT2D eigenvalue weighted by atomic mass is 16.5. The maximum absolute atomic E-state index is 7.89. The van der Waals surface area contributed by atoms with Gasteiger partial charge in [-0.3, -0.25) is 9.88 Å². The fourth-order valence-electron chi connectivity index (χ4n) is 4.28. The Balaban J connectivity index is 1.28. The summed E-state index contributed by atoms with van der Waals surface area (Å²) in [5.74, 6) is 1.31. The maximum atomic E-state index is 7.89. The van der Waals surface area contributed by atoms with Gasteiger partial charge in [-0.15, -0.1) is 0 Å². The molecule has 1 aliphatic rings. The molecule has 9 heteroatoms. The number of allylic oxidation sites excluding steroid dienone is 3. The summed E-state index contributed by atoms with van der Waals surface area (Å²) in [6.45, 7) is 8.22. The molecular weight excluding hydrogens is 488 g/mol. The Morgan fingerprint density at radius 1 is 1.18 bits per heavy atom. The Morgan fingerprint density at radius 3 is 2.69 bits per heavy atom. The van der Waals surface area contributed by atoms with Gasteiger partial charge in [-0.1, -0.05) is 44.2 Å². The highest BCUT2D eigenvalue weighted by molar-refractivity contribution is 6.08. The zero-order valence-electron chi connectivity index (χ0n) is 22.6. The molecule has 1 aliphatic heterocycles. The van der Waals surface area contributed by atoms with E-state index >= 15 is 0 Å². The monoisotopic (exact) mass is 526 g/mol. The molecule has 9 nitrogen and oxygen atoms in total. The van der Waals surface area contributed by atoms with Gasteiger partial charge in [-0.2, -0.15) is 0 Å². The molecule has 204 valence electrons. The van der Waals surface area contributed by atoms with Crippen LogP contribution in [0.2, 0.25) is 0 Å². The largest absolute Gasteiger partial charge is 0.404 e. The van der Waals surface area contributed by atoms with Gasteiger partial charge in [0.05, 0.1) is 23.7 Å². The summed E-state index contributed by atoms with van der Waals surface area (Å²) in [6.07, 6.45) is 8.51. The molecule has 3 heterocycles. The molecule has 7 N–H and O–H groups in total. The fraction of sp³-hybridized carbons (Fsp3) is 0.300. The summed E-state index contributed by atoms with van der Waals surface area (Å²) in [7, 11) is 0. The minimum absolute atomic E-state index is 0.256. The van der Waals surface area contributed by atoms with Crippen LogP contribution in [-0.2, 0) is 11.3 Å². The average molecular weight is 527 g/mol. The Kier molecular flexibility index (Phi) is 9.66. The van der Waals surface area contributed by atoms with Gasteiger partial charge in [0.15, 0.2) is 0 Å². The van der Waals surface area contributed by atoms with Crippen molar-refractivity contribution < 1.29 is 4.74 Å². The van der Waals surface area contributed by atoms with E-state index < -0.39 is 0 Å². The second-order valence-corrected chi connectivity index (χ2v) is 9.88. The lowest BCUT2D eigenvalue weighted by atomic mass is 10.0. The van der Waals surface area contributed by atoms with Crippen molar-refractivity contribution in [3.8, 4) is 0 Å². The molecule has 1 fully saturated rings. The number of anilines is 1. The number of benzene rings is 1. The Labute approximate surface area is 230 Å². The van der Waals surface area contributed by atoms with E-state index in [0.717, 1.165) is 36.3 Å². The van der Waals surface area contributed by atoms with Gasteiger partial charge in [0.25, 0.3) is 0 Å². The number of hydrogen-bond acceptors (Lipinski definition) is 9. The summed E-state index contributed by atoms with van der Waals surface area (Å²) in [5.41, 5.74) is 17.1. The minimum Gasteiger partial charge on any atom is -0.404 e. The molecule has 0 spiro atoms. The van der Waals surface area contributed by atoms with E-state index in [9.17, 15) is 0 Å². The van der Waals surface area contributed by atoms with Crippen molar-refractivity contribution >= 4 is 28.6 Å². The molecule has 4 rings (SSSR count). The van der Waals surface area contributed by atoms with Gasteiger partial charge >= 0.3 is 0 Å². The number of likely N-dealkylation sites (tertiary alicyclic amines) is 1. The van der Waals surface area contributed by atoms with E-state index in [4.69, 9.17) is 21.6 Å². The molecule has 39 heavy (non-hydrogen) atoms. The second-order valence-electron chi connectivity index (χ2n) is 9.88. The standard InChI is InChI=1S/C30H38N8O/c1-21(2)23(14-31)13-29(33)37-30-9-8-27-28(36-30)12-24(17-35-27)25(15-32)16-34-10-11-39-26-19-38(20-26)18-22-6-4-3-5-7-22/h3-9,12-17,21,26,32,34H,10-11,18-20,31,33H2,1-2H3,(H,36,37)/b23-14+,25-16+,29-13+,32-15?. The quantitative estimate of drug-likeness (QED) is 0.129. The van der Waals surface area contributed by atoms with Crippen molar-refractivity contribution in [1.82, 2.24) is 20.2 Å². The first-order valence-corrected chi connectivity index (χ1v) is 13.2. The summed E-state index contributed by atoms with van der Waals surface area (Å²) in [6, 6.07) is 16.1. The molecule has 0 aliphatic carbocycles. The summed E-state index contributed by atoms with van der Waals surface area (Å²) in [5, 5.41) is 14.3. The van der Waals surface area contributed by atoms with E-state index in [1.165, 1.54) is 11.8 Å². The fourth-order valence-corrected chi connectivity index (χ4v) is 4.28. The molecule has 3 aromatic rings. The number of nitrogens with one attached hydrogen (secondary N) is 3. The normalized spacial score (nSPS) is 15.4. The Morgan fingerprint density at radius 2 is 1.97 bits per heavy atom. The molecule has 0 amide bonds. The first kappa shape index (κ1) is 27.8. The number of hydrogen-bond donors (Lipinski definition) is 5. The third kappa shape index (κ3) is 7.89. The van der Waals surface area contributed by atoms with Gasteiger partial charge in [-0.05, 0) is 47.5 Å². The van der Waals surface area contributed by atoms with Gasteiger partial charge < -0.3 is 32.2 Å². The topological polar surface area (TPSA) is 138 Å². The lowest BCUT2D eigenvalue weighted by molar-refractivity contribution is -0.0559.